The average Bonchev–Trinajstić information content (AvgIpc) is 2.83. The summed E-state index contributed by atoms with van der Waals surface area (Å²) in [5.74, 6) is -4.71. The van der Waals surface area contributed by atoms with Crippen LogP contribution in [0, 0.1) is 0 Å². The Hall–Kier alpha value is -2.58. The molecule has 0 aromatic heterocycles. The van der Waals surface area contributed by atoms with Gasteiger partial charge in [0.25, 0.3) is 5.91 Å². The van der Waals surface area contributed by atoms with Crippen LogP contribution in [0.15, 0.2) is 30.3 Å². The highest BCUT2D eigenvalue weighted by Gasteiger charge is 2.54. The van der Waals surface area contributed by atoms with E-state index in [0.717, 1.165) is 0 Å². The number of amides is 2. The van der Waals surface area contributed by atoms with Crippen molar-refractivity contribution >= 4 is 17.8 Å². The van der Waals surface area contributed by atoms with Gasteiger partial charge in [0.1, 0.15) is 0 Å². The molecular weight excluding hydrogens is 317 g/mol. The van der Waals surface area contributed by atoms with Crippen molar-refractivity contribution in [2.24, 2.45) is 0 Å². The van der Waals surface area contributed by atoms with Gasteiger partial charge < -0.3 is 5.11 Å². The van der Waals surface area contributed by atoms with Crippen molar-refractivity contribution in [3.05, 3.63) is 35.9 Å². The molecule has 1 heterocycles. The maximum Gasteiger partial charge on any atom is 0.473 e. The highest BCUT2D eigenvalue weighted by molar-refractivity contribution is 5.98. The van der Waals surface area contributed by atoms with Crippen LogP contribution in [0.3, 0.4) is 0 Å². The van der Waals surface area contributed by atoms with E-state index < -0.39 is 36.0 Å². The molecule has 1 aliphatic heterocycles. The van der Waals surface area contributed by atoms with E-state index in [1.165, 1.54) is 31.2 Å². The van der Waals surface area contributed by atoms with Gasteiger partial charge in [-0.1, -0.05) is 18.2 Å². The lowest BCUT2D eigenvalue weighted by atomic mass is 10.1. The summed E-state index contributed by atoms with van der Waals surface area (Å²) in [5.41, 5.74) is -0.00664. The predicted octanol–water partition coefficient (Wildman–Crippen LogP) is 1.68. The molecule has 0 spiro atoms. The van der Waals surface area contributed by atoms with Crippen molar-refractivity contribution in [1.29, 1.82) is 0 Å². The number of carbonyl (C=O) groups excluding carboxylic acids is 2. The largest absolute Gasteiger partial charge is 0.480 e. The number of hydrogen-bond acceptors (Lipinski definition) is 3. The SMILES string of the molecule is C[C@@H]1C[C@H](C(=O)O)N(C(=O)c2ccccc2)N1C(=O)C(F)(F)F. The lowest BCUT2D eigenvalue weighted by Gasteiger charge is -2.32. The van der Waals surface area contributed by atoms with Gasteiger partial charge >= 0.3 is 18.1 Å². The third-order valence-corrected chi connectivity index (χ3v) is 3.47. The summed E-state index contributed by atoms with van der Waals surface area (Å²) < 4.78 is 38.3. The van der Waals surface area contributed by atoms with Crippen molar-refractivity contribution in [1.82, 2.24) is 10.0 Å². The van der Waals surface area contributed by atoms with Gasteiger partial charge in [-0.25, -0.2) is 14.8 Å². The Morgan fingerprint density at radius 1 is 1.13 bits per heavy atom. The Bertz CT molecular complexity index is 633. The van der Waals surface area contributed by atoms with Crippen molar-refractivity contribution in [2.45, 2.75) is 31.6 Å². The molecule has 1 aromatic carbocycles. The van der Waals surface area contributed by atoms with Gasteiger partial charge in [0.2, 0.25) is 0 Å². The zero-order valence-electron chi connectivity index (χ0n) is 11.9. The molecule has 1 saturated heterocycles. The molecule has 1 fully saturated rings. The molecule has 0 saturated carbocycles. The Kier molecular flexibility index (Phi) is 4.31. The van der Waals surface area contributed by atoms with Crippen LogP contribution in [0.25, 0.3) is 0 Å². The molecule has 2 amide bonds. The van der Waals surface area contributed by atoms with Gasteiger partial charge in [-0.3, -0.25) is 9.59 Å². The van der Waals surface area contributed by atoms with Crippen LogP contribution in [-0.2, 0) is 9.59 Å². The molecule has 23 heavy (non-hydrogen) atoms. The minimum Gasteiger partial charge on any atom is -0.480 e. The number of rotatable bonds is 2. The third-order valence-electron chi connectivity index (χ3n) is 3.47. The van der Waals surface area contributed by atoms with Crippen LogP contribution >= 0.6 is 0 Å². The number of halogens is 3. The molecule has 1 aromatic rings. The van der Waals surface area contributed by atoms with E-state index in [9.17, 15) is 32.7 Å². The van der Waals surface area contributed by atoms with Gasteiger partial charge in [0, 0.05) is 12.0 Å². The number of carboxylic acid groups (broad SMARTS) is 1. The first-order chi connectivity index (χ1) is 10.6. The van der Waals surface area contributed by atoms with Crippen molar-refractivity contribution < 1.29 is 32.7 Å². The molecule has 0 radical (unpaired) electrons. The monoisotopic (exact) mass is 330 g/mol. The van der Waals surface area contributed by atoms with Crippen LogP contribution < -0.4 is 0 Å². The Balaban J connectivity index is 2.45. The quantitative estimate of drug-likeness (QED) is 0.895. The summed E-state index contributed by atoms with van der Waals surface area (Å²) in [4.78, 5) is 35.4. The summed E-state index contributed by atoms with van der Waals surface area (Å²) in [6.45, 7) is 1.26. The minimum absolute atomic E-state index is 0.00664. The number of alkyl halides is 3. The molecule has 9 heteroatoms. The summed E-state index contributed by atoms with van der Waals surface area (Å²) in [6, 6.07) is 4.62. The van der Waals surface area contributed by atoms with Crippen molar-refractivity contribution in [3.8, 4) is 0 Å². The number of carboxylic acids is 1. The van der Waals surface area contributed by atoms with E-state index in [1.54, 1.807) is 6.07 Å². The fraction of sp³-hybridized carbons (Fsp3) is 0.357. The molecule has 0 unspecified atom stereocenters. The smallest absolute Gasteiger partial charge is 0.473 e. The number of benzene rings is 1. The van der Waals surface area contributed by atoms with Crippen LogP contribution in [0.1, 0.15) is 23.7 Å². The minimum atomic E-state index is -5.21. The molecule has 1 N–H and O–H groups in total. The zero-order valence-corrected chi connectivity index (χ0v) is 11.9. The fourth-order valence-electron chi connectivity index (χ4n) is 2.47. The number of hydrogen-bond donors (Lipinski definition) is 1. The van der Waals surface area contributed by atoms with Gasteiger partial charge in [0.15, 0.2) is 6.04 Å². The van der Waals surface area contributed by atoms with E-state index in [-0.39, 0.29) is 17.0 Å². The van der Waals surface area contributed by atoms with Gasteiger partial charge in [-0.05, 0) is 19.1 Å². The maximum absolute atomic E-state index is 12.8. The molecule has 0 bridgehead atoms. The first-order valence-electron chi connectivity index (χ1n) is 6.66. The summed E-state index contributed by atoms with van der Waals surface area (Å²) in [6.07, 6.45) is -5.49. The van der Waals surface area contributed by atoms with Crippen LogP contribution in [0.5, 0.6) is 0 Å². The predicted molar refractivity (Wildman–Crippen MR) is 71.0 cm³/mol. The second kappa shape index (κ2) is 5.90. The average molecular weight is 330 g/mol. The first-order valence-corrected chi connectivity index (χ1v) is 6.66. The summed E-state index contributed by atoms with van der Waals surface area (Å²) in [7, 11) is 0. The molecular formula is C14H13F3N2O4. The summed E-state index contributed by atoms with van der Waals surface area (Å²) >= 11 is 0. The van der Waals surface area contributed by atoms with Gasteiger partial charge in [-0.2, -0.15) is 13.2 Å². The third kappa shape index (κ3) is 3.13. The first kappa shape index (κ1) is 16.8. The van der Waals surface area contributed by atoms with Crippen LogP contribution in [-0.4, -0.2) is 51.2 Å². The highest BCUT2D eigenvalue weighted by Crippen LogP contribution is 2.31. The highest BCUT2D eigenvalue weighted by atomic mass is 19.4. The van der Waals surface area contributed by atoms with Gasteiger partial charge in [0.05, 0.1) is 6.04 Å². The normalized spacial score (nSPS) is 21.4. The molecule has 2 atom stereocenters. The topological polar surface area (TPSA) is 77.9 Å². The Labute approximate surface area is 129 Å². The lowest BCUT2D eigenvalue weighted by Crippen LogP contribution is -2.55. The van der Waals surface area contributed by atoms with E-state index in [4.69, 9.17) is 0 Å². The van der Waals surface area contributed by atoms with Crippen molar-refractivity contribution in [3.63, 3.8) is 0 Å². The lowest BCUT2D eigenvalue weighted by molar-refractivity contribution is -0.198. The summed E-state index contributed by atoms with van der Waals surface area (Å²) in [5, 5.41) is 9.76. The number of nitrogens with zero attached hydrogens (tertiary/aromatic N) is 2. The van der Waals surface area contributed by atoms with E-state index in [2.05, 4.69) is 0 Å². The molecule has 6 nitrogen and oxygen atoms in total. The number of carbonyl (C=O) groups is 3. The van der Waals surface area contributed by atoms with Crippen molar-refractivity contribution in [2.75, 3.05) is 0 Å². The standard InChI is InChI=1S/C14H13F3N2O4/c1-8-7-10(12(21)22)19(18(8)13(23)14(15,16)17)11(20)9-5-3-2-4-6-9/h2-6,8,10H,7H2,1H3,(H,21,22)/t8-,10-/m1/s1. The molecule has 2 rings (SSSR count). The van der Waals surface area contributed by atoms with E-state index in [1.807, 2.05) is 0 Å². The van der Waals surface area contributed by atoms with Gasteiger partial charge in [-0.15, -0.1) is 0 Å². The Morgan fingerprint density at radius 2 is 1.70 bits per heavy atom. The second-order valence-corrected chi connectivity index (χ2v) is 5.10. The molecule has 124 valence electrons. The second-order valence-electron chi connectivity index (χ2n) is 5.10. The Morgan fingerprint density at radius 3 is 2.17 bits per heavy atom. The number of aliphatic carboxylic acids is 1. The zero-order chi connectivity index (χ0) is 17.4. The molecule has 0 aliphatic carbocycles. The van der Waals surface area contributed by atoms with Crippen LogP contribution in [0.4, 0.5) is 13.2 Å². The van der Waals surface area contributed by atoms with E-state index >= 15 is 0 Å². The van der Waals surface area contributed by atoms with Crippen LogP contribution in [0.2, 0.25) is 0 Å². The molecule has 1 aliphatic rings. The fourth-order valence-corrected chi connectivity index (χ4v) is 2.47. The maximum atomic E-state index is 12.8. The number of hydrazine groups is 1. The van der Waals surface area contributed by atoms with E-state index in [0.29, 0.717) is 5.01 Å².